The fourth-order valence-corrected chi connectivity index (χ4v) is 11.8. The molecule has 20 atom stereocenters. The van der Waals surface area contributed by atoms with Crippen LogP contribution >= 0.6 is 0 Å². The molecule has 0 amide bonds. The summed E-state index contributed by atoms with van der Waals surface area (Å²) < 4.78 is 70.8. The highest BCUT2D eigenvalue weighted by molar-refractivity contribution is 5.78. The molecular formula is C56H86O15. The number of allylic oxidation sites excluding steroid dienone is 2. The molecule has 2 N–H and O–H groups in total. The van der Waals surface area contributed by atoms with Crippen molar-refractivity contribution in [1.29, 1.82) is 0 Å². The Balaban J connectivity index is 1.10. The Morgan fingerprint density at radius 1 is 0.859 bits per heavy atom. The molecule has 0 radical (unpaired) electrons. The molecule has 6 heterocycles. The van der Waals surface area contributed by atoms with Crippen LogP contribution in [0, 0.1) is 23.7 Å². The van der Waals surface area contributed by atoms with Crippen molar-refractivity contribution in [2.75, 3.05) is 20.8 Å². The predicted molar refractivity (Wildman–Crippen MR) is 265 cm³/mol. The van der Waals surface area contributed by atoms with Crippen molar-refractivity contribution in [3.63, 3.8) is 0 Å². The van der Waals surface area contributed by atoms with Gasteiger partial charge in [0.1, 0.15) is 42.0 Å². The molecule has 15 nitrogen and oxygen atoms in total. The summed E-state index contributed by atoms with van der Waals surface area (Å²) in [6, 6.07) is 0. The van der Waals surface area contributed by atoms with Gasteiger partial charge in [-0.05, 0) is 69.2 Å². The van der Waals surface area contributed by atoms with Crippen LogP contribution < -0.4 is 0 Å². The summed E-state index contributed by atoms with van der Waals surface area (Å²) in [4.78, 5) is 27.2. The zero-order chi connectivity index (χ0) is 51.2. The number of rotatable bonds is 15. The number of aliphatic hydroxyl groups excluding tert-OH is 1. The van der Waals surface area contributed by atoms with Crippen LogP contribution in [-0.4, -0.2) is 140 Å². The molecule has 0 aromatic heterocycles. The summed E-state index contributed by atoms with van der Waals surface area (Å²) in [6.07, 6.45) is 14.1. The molecule has 2 bridgehead atoms. The highest BCUT2D eigenvalue weighted by Crippen LogP contribution is 2.47. The molecule has 0 aromatic rings. The summed E-state index contributed by atoms with van der Waals surface area (Å²) in [5, 5.41) is 23.8. The first-order chi connectivity index (χ1) is 33.9. The predicted octanol–water partition coefficient (Wildman–Crippen LogP) is 8.29. The average Bonchev–Trinajstić information content (AvgIpc) is 3.68. The Bertz CT molecular complexity index is 1950. The smallest absolute Gasteiger partial charge is 0.316 e. The van der Waals surface area contributed by atoms with Crippen LogP contribution in [-0.2, 0) is 61.7 Å². The van der Waals surface area contributed by atoms with Crippen molar-refractivity contribution in [3.05, 3.63) is 59.3 Å². The lowest BCUT2D eigenvalue weighted by Gasteiger charge is -2.48. The summed E-state index contributed by atoms with van der Waals surface area (Å²) in [7, 11) is 3.27. The summed E-state index contributed by atoms with van der Waals surface area (Å²) in [5.41, 5.74) is 0.108. The largest absolute Gasteiger partial charge is 0.462 e. The van der Waals surface area contributed by atoms with E-state index in [-0.39, 0.29) is 42.9 Å². The minimum Gasteiger partial charge on any atom is -0.462 e. The van der Waals surface area contributed by atoms with Crippen molar-refractivity contribution in [2.45, 2.75) is 237 Å². The van der Waals surface area contributed by atoms with Gasteiger partial charge in [-0.25, -0.2) is 0 Å². The van der Waals surface area contributed by atoms with Crippen LogP contribution in [0.4, 0.5) is 0 Å². The topological polar surface area (TPSA) is 176 Å². The molecule has 0 aromatic carbocycles. The average molecular weight is 999 g/mol. The molecule has 0 unspecified atom stereocenters. The second-order valence-corrected chi connectivity index (χ2v) is 21.6. The lowest BCUT2D eigenvalue weighted by atomic mass is 9.71. The van der Waals surface area contributed by atoms with Crippen LogP contribution in [0.5, 0.6) is 0 Å². The summed E-state index contributed by atoms with van der Waals surface area (Å²) in [5.74, 6) is -2.86. The molecule has 7 rings (SSSR count). The van der Waals surface area contributed by atoms with Crippen molar-refractivity contribution in [3.8, 4) is 0 Å². The second kappa shape index (κ2) is 24.7. The Kier molecular flexibility index (Phi) is 19.5. The number of esters is 2. The fraction of sp³-hybridized carbons (Fsp3) is 0.786. The van der Waals surface area contributed by atoms with Gasteiger partial charge >= 0.3 is 11.9 Å². The number of carbonyl (C=O) groups is 2. The van der Waals surface area contributed by atoms with E-state index in [1.807, 2.05) is 39.0 Å². The number of carbonyl (C=O) groups excluding carboxylic acids is 2. The maximum Gasteiger partial charge on any atom is 0.316 e. The molecular weight excluding hydrogens is 913 g/mol. The van der Waals surface area contributed by atoms with Gasteiger partial charge in [0.05, 0.1) is 43.2 Å². The number of aliphatic hydroxyl groups is 2. The molecule has 0 saturated carbocycles. The van der Waals surface area contributed by atoms with E-state index in [0.717, 1.165) is 44.1 Å². The highest BCUT2D eigenvalue weighted by Gasteiger charge is 2.60. The first kappa shape index (κ1) is 55.9. The zero-order valence-electron chi connectivity index (χ0n) is 44.3. The van der Waals surface area contributed by atoms with Gasteiger partial charge in [-0.15, -0.1) is 0 Å². The lowest BCUT2D eigenvalue weighted by molar-refractivity contribution is -0.319. The Labute approximate surface area is 422 Å². The van der Waals surface area contributed by atoms with Gasteiger partial charge in [0.25, 0.3) is 0 Å². The van der Waals surface area contributed by atoms with Crippen LogP contribution in [0.15, 0.2) is 59.3 Å². The Hall–Kier alpha value is -2.80. The highest BCUT2D eigenvalue weighted by atomic mass is 16.7. The standard InChI is InChI=1S/C56H86O15/c1-12-14-15-16-17-21-45(57)67-51-37(8)64-47(28-43(51)61-10)69-52-38(9)65-46(29-44(52)62-11)68-49-33(4)19-18-20-39-31-63-53-48(58)36(7)26-42(56(39,53)60)54(59)66-41-27-40(23-22-34(49)5)70-55(30-41)25-24-35(6)50(71-55)32(3)13-2/h18-20,22,24-26,32-33,35,37-38,40-44,46-53,58,60H,12-17,21,23,27-31H2,1-11H3/b19-18+,34-22+,39-20-/t32-,33-,35-,37-,38-,40+,41-,42-,43+,44+,46-,47-,48+,49-,50+,51-,52-,53+,55+,56+/m0/s1. The van der Waals surface area contributed by atoms with Gasteiger partial charge < -0.3 is 62.3 Å². The molecule has 6 aliphatic heterocycles. The normalized spacial score (nSPS) is 44.3. The minimum atomic E-state index is -1.85. The Morgan fingerprint density at radius 3 is 2.25 bits per heavy atom. The van der Waals surface area contributed by atoms with Crippen molar-refractivity contribution in [2.24, 2.45) is 23.7 Å². The van der Waals surface area contributed by atoms with E-state index >= 15 is 0 Å². The van der Waals surface area contributed by atoms with Crippen molar-refractivity contribution >= 4 is 11.9 Å². The van der Waals surface area contributed by atoms with Gasteiger partial charge in [0, 0.05) is 58.2 Å². The van der Waals surface area contributed by atoms with E-state index in [2.05, 4.69) is 46.8 Å². The minimum absolute atomic E-state index is 0.0245. The van der Waals surface area contributed by atoms with Crippen LogP contribution in [0.3, 0.4) is 0 Å². The number of hydrogen-bond acceptors (Lipinski definition) is 15. The number of hydrogen-bond donors (Lipinski definition) is 2. The third kappa shape index (κ3) is 12.8. The van der Waals surface area contributed by atoms with Crippen LogP contribution in [0.1, 0.15) is 139 Å². The maximum absolute atomic E-state index is 14.4. The van der Waals surface area contributed by atoms with E-state index in [4.69, 9.17) is 52.1 Å². The van der Waals surface area contributed by atoms with Crippen LogP contribution in [0.25, 0.3) is 0 Å². The molecule has 1 aliphatic carbocycles. The summed E-state index contributed by atoms with van der Waals surface area (Å²) >= 11 is 0. The van der Waals surface area contributed by atoms with Crippen LogP contribution in [0.2, 0.25) is 0 Å². The maximum atomic E-state index is 14.4. The van der Waals surface area contributed by atoms with E-state index in [1.54, 1.807) is 33.3 Å². The SMILES string of the molecule is CCCCCCCC(=O)O[C@H]1[C@H](C)O[C@@H](O[C@H]2[C@H](C)O[C@@H](O[C@@H]3/C(C)=C/C[C@@H]4C[C@@H](C[C@]5(C=C[C@H](C)[C@@H]([C@@H](C)CC)O5)O4)OC(=O)[C@@H]4C=C(C)[C@@H](O)[C@H]5OC/C(=C/C=C/[C@@H]3C)[C@]54O)C[C@H]2OC)C[C@H]1OC. The first-order valence-electron chi connectivity index (χ1n) is 26.8. The molecule has 4 saturated heterocycles. The number of methoxy groups -OCH3 is 2. The van der Waals surface area contributed by atoms with Gasteiger partial charge in [0.2, 0.25) is 0 Å². The number of ether oxygens (including phenoxy) is 11. The van der Waals surface area contributed by atoms with E-state index in [0.29, 0.717) is 43.3 Å². The fourth-order valence-electron chi connectivity index (χ4n) is 11.8. The molecule has 1 spiro atoms. The molecule has 15 heteroatoms. The number of unbranched alkanes of at least 4 members (excludes halogenated alkanes) is 4. The molecule has 4 fully saturated rings. The van der Waals surface area contributed by atoms with E-state index in [1.165, 1.54) is 0 Å². The second-order valence-electron chi connectivity index (χ2n) is 21.6. The first-order valence-corrected chi connectivity index (χ1v) is 26.8. The quantitative estimate of drug-likeness (QED) is 0.0910. The molecule has 400 valence electrons. The lowest BCUT2D eigenvalue weighted by Crippen LogP contribution is -2.58. The monoisotopic (exact) mass is 999 g/mol. The van der Waals surface area contributed by atoms with E-state index in [9.17, 15) is 19.8 Å². The van der Waals surface area contributed by atoms with Gasteiger partial charge in [-0.3, -0.25) is 9.59 Å². The molecule has 71 heavy (non-hydrogen) atoms. The zero-order valence-corrected chi connectivity index (χ0v) is 44.3. The van der Waals surface area contributed by atoms with Gasteiger partial charge in [0.15, 0.2) is 24.5 Å². The summed E-state index contributed by atoms with van der Waals surface area (Å²) in [6.45, 7) is 18.3. The van der Waals surface area contributed by atoms with Crippen molar-refractivity contribution < 1.29 is 71.9 Å². The van der Waals surface area contributed by atoms with Crippen molar-refractivity contribution in [1.82, 2.24) is 0 Å². The number of fused-ring (bicyclic) bond motifs is 2. The van der Waals surface area contributed by atoms with E-state index < -0.39 is 103 Å². The third-order valence-corrected chi connectivity index (χ3v) is 16.2. The van der Waals surface area contributed by atoms with Gasteiger partial charge in [-0.2, -0.15) is 0 Å². The van der Waals surface area contributed by atoms with Gasteiger partial charge in [-0.1, -0.05) is 103 Å². The Morgan fingerprint density at radius 2 is 1.55 bits per heavy atom. The molecule has 7 aliphatic rings. The third-order valence-electron chi connectivity index (χ3n) is 16.2.